The lowest BCUT2D eigenvalue weighted by Crippen LogP contribution is -2.14. The highest BCUT2D eigenvalue weighted by Gasteiger charge is 2.30. The smallest absolute Gasteiger partial charge is 0.231 e. The van der Waals surface area contributed by atoms with Crippen molar-refractivity contribution in [3.8, 4) is 11.5 Å². The number of ether oxygens (including phenoxy) is 2. The normalized spacial score (nSPS) is 16.2. The quantitative estimate of drug-likeness (QED) is 0.791. The minimum atomic E-state index is 0. The molecule has 1 amide bonds. The Bertz CT molecular complexity index is 460. The van der Waals surface area contributed by atoms with E-state index < -0.39 is 0 Å². The second-order valence-corrected chi connectivity index (χ2v) is 4.06. The van der Waals surface area contributed by atoms with Crippen LogP contribution >= 0.6 is 12.4 Å². The number of fused-ring (bicyclic) bond motifs is 1. The van der Waals surface area contributed by atoms with Gasteiger partial charge in [-0.15, -0.1) is 12.4 Å². The minimum Gasteiger partial charge on any atom is -0.454 e. The molecule has 1 aromatic carbocycles. The molecule has 0 bridgehead atoms. The number of hydrogen-bond donors (Lipinski definition) is 2. The first-order chi connectivity index (χ1) is 7.74. The molecule has 1 aliphatic carbocycles. The third-order valence-electron chi connectivity index (χ3n) is 2.75. The van der Waals surface area contributed by atoms with E-state index in [2.05, 4.69) is 5.32 Å². The maximum atomic E-state index is 11.6. The number of benzene rings is 1. The van der Waals surface area contributed by atoms with Crippen molar-refractivity contribution in [3.05, 3.63) is 12.1 Å². The van der Waals surface area contributed by atoms with E-state index in [1.54, 1.807) is 12.1 Å². The number of nitrogen functional groups attached to an aromatic ring is 1. The molecule has 3 N–H and O–H groups in total. The molecule has 1 aromatic rings. The second-order valence-electron chi connectivity index (χ2n) is 4.06. The summed E-state index contributed by atoms with van der Waals surface area (Å²) in [4.78, 5) is 11.6. The number of nitrogens with one attached hydrogen (secondary N) is 1. The summed E-state index contributed by atoms with van der Waals surface area (Å²) in [5.41, 5.74) is 6.91. The minimum absolute atomic E-state index is 0. The molecule has 1 saturated carbocycles. The Morgan fingerprint density at radius 1 is 1.29 bits per heavy atom. The fourth-order valence-corrected chi connectivity index (χ4v) is 1.65. The summed E-state index contributed by atoms with van der Waals surface area (Å²) < 4.78 is 10.4. The van der Waals surface area contributed by atoms with Crippen LogP contribution < -0.4 is 20.5 Å². The lowest BCUT2D eigenvalue weighted by atomic mass is 10.2. The zero-order valence-electron chi connectivity index (χ0n) is 9.06. The zero-order chi connectivity index (χ0) is 11.1. The van der Waals surface area contributed by atoms with Crippen molar-refractivity contribution in [2.45, 2.75) is 12.8 Å². The summed E-state index contributed by atoms with van der Waals surface area (Å²) in [6.07, 6.45) is 1.94. The average Bonchev–Trinajstić information content (AvgIpc) is 3.01. The number of anilines is 2. The maximum Gasteiger partial charge on any atom is 0.231 e. The molecular weight excluding hydrogens is 244 g/mol. The van der Waals surface area contributed by atoms with Crippen LogP contribution in [0.1, 0.15) is 12.8 Å². The van der Waals surface area contributed by atoms with Crippen molar-refractivity contribution < 1.29 is 14.3 Å². The number of carbonyl (C=O) groups is 1. The predicted octanol–water partition coefficient (Wildman–Crippen LogP) is 1.77. The first-order valence-electron chi connectivity index (χ1n) is 5.24. The topological polar surface area (TPSA) is 73.6 Å². The van der Waals surface area contributed by atoms with E-state index in [0.29, 0.717) is 22.9 Å². The standard InChI is InChI=1S/C11H12N2O3.ClH/c12-7-3-9-10(16-5-15-9)4-8(7)13-11(14)6-1-2-6;/h3-4,6H,1-2,5,12H2,(H,13,14);1H. The SMILES string of the molecule is Cl.Nc1cc2c(cc1NC(=O)C1CC1)OCO2. The number of amides is 1. The molecule has 2 aliphatic rings. The number of nitrogens with two attached hydrogens (primary N) is 1. The Labute approximate surface area is 105 Å². The van der Waals surface area contributed by atoms with Crippen molar-refractivity contribution in [2.75, 3.05) is 17.8 Å². The van der Waals surface area contributed by atoms with Gasteiger partial charge in [-0.25, -0.2) is 0 Å². The molecule has 92 valence electrons. The van der Waals surface area contributed by atoms with Crippen LogP contribution in [0.4, 0.5) is 11.4 Å². The van der Waals surface area contributed by atoms with Crippen LogP contribution in [-0.4, -0.2) is 12.7 Å². The maximum absolute atomic E-state index is 11.6. The lowest BCUT2D eigenvalue weighted by Gasteiger charge is -2.08. The van der Waals surface area contributed by atoms with Gasteiger partial charge in [-0.1, -0.05) is 0 Å². The number of halogens is 1. The molecular formula is C11H13ClN2O3. The summed E-state index contributed by atoms with van der Waals surface area (Å²) in [5, 5.41) is 2.80. The van der Waals surface area contributed by atoms with Crippen LogP contribution in [0.25, 0.3) is 0 Å². The van der Waals surface area contributed by atoms with Gasteiger partial charge >= 0.3 is 0 Å². The van der Waals surface area contributed by atoms with E-state index in [0.717, 1.165) is 12.8 Å². The molecule has 17 heavy (non-hydrogen) atoms. The molecule has 0 aromatic heterocycles. The molecule has 1 aliphatic heterocycles. The number of carbonyl (C=O) groups excluding carboxylic acids is 1. The first-order valence-corrected chi connectivity index (χ1v) is 5.24. The summed E-state index contributed by atoms with van der Waals surface area (Å²) in [6.45, 7) is 0.203. The van der Waals surface area contributed by atoms with Gasteiger partial charge in [-0.2, -0.15) is 0 Å². The van der Waals surface area contributed by atoms with Gasteiger partial charge in [0.25, 0.3) is 0 Å². The molecule has 0 atom stereocenters. The molecule has 1 heterocycles. The molecule has 0 saturated heterocycles. The third-order valence-corrected chi connectivity index (χ3v) is 2.75. The Morgan fingerprint density at radius 3 is 2.59 bits per heavy atom. The van der Waals surface area contributed by atoms with E-state index in [1.807, 2.05) is 0 Å². The Morgan fingerprint density at radius 2 is 1.94 bits per heavy atom. The Hall–Kier alpha value is -1.62. The molecule has 0 unspecified atom stereocenters. The van der Waals surface area contributed by atoms with E-state index in [9.17, 15) is 4.79 Å². The lowest BCUT2D eigenvalue weighted by molar-refractivity contribution is -0.117. The Kier molecular flexibility index (Phi) is 3.02. The number of hydrogen-bond acceptors (Lipinski definition) is 4. The fourth-order valence-electron chi connectivity index (χ4n) is 1.65. The van der Waals surface area contributed by atoms with Crippen LogP contribution in [0, 0.1) is 5.92 Å². The van der Waals surface area contributed by atoms with Crippen molar-refractivity contribution >= 4 is 29.7 Å². The zero-order valence-corrected chi connectivity index (χ0v) is 9.88. The first kappa shape index (κ1) is 11.9. The van der Waals surface area contributed by atoms with Crippen LogP contribution in [0.15, 0.2) is 12.1 Å². The van der Waals surface area contributed by atoms with Gasteiger partial charge < -0.3 is 20.5 Å². The van der Waals surface area contributed by atoms with E-state index >= 15 is 0 Å². The Balaban J connectivity index is 0.00000108. The van der Waals surface area contributed by atoms with E-state index in [1.165, 1.54) is 0 Å². The number of rotatable bonds is 2. The van der Waals surface area contributed by atoms with Crippen molar-refractivity contribution in [1.82, 2.24) is 0 Å². The monoisotopic (exact) mass is 256 g/mol. The summed E-state index contributed by atoms with van der Waals surface area (Å²) in [5.74, 6) is 1.44. The molecule has 1 fully saturated rings. The molecule has 3 rings (SSSR count). The van der Waals surface area contributed by atoms with Gasteiger partial charge in [0.2, 0.25) is 12.7 Å². The highest BCUT2D eigenvalue weighted by molar-refractivity contribution is 5.97. The highest BCUT2D eigenvalue weighted by Crippen LogP contribution is 2.39. The molecule has 0 spiro atoms. The van der Waals surface area contributed by atoms with Crippen molar-refractivity contribution in [3.63, 3.8) is 0 Å². The highest BCUT2D eigenvalue weighted by atomic mass is 35.5. The van der Waals surface area contributed by atoms with Gasteiger partial charge in [0.05, 0.1) is 11.4 Å². The van der Waals surface area contributed by atoms with Crippen molar-refractivity contribution in [1.29, 1.82) is 0 Å². The third kappa shape index (κ3) is 2.24. The van der Waals surface area contributed by atoms with Crippen LogP contribution in [-0.2, 0) is 4.79 Å². The second kappa shape index (κ2) is 4.33. The summed E-state index contributed by atoms with van der Waals surface area (Å²) in [7, 11) is 0. The average molecular weight is 257 g/mol. The van der Waals surface area contributed by atoms with Gasteiger partial charge in [0.15, 0.2) is 11.5 Å². The molecule has 0 radical (unpaired) electrons. The van der Waals surface area contributed by atoms with E-state index in [-0.39, 0.29) is 31.0 Å². The molecule has 5 nitrogen and oxygen atoms in total. The van der Waals surface area contributed by atoms with Gasteiger partial charge in [0, 0.05) is 18.1 Å². The van der Waals surface area contributed by atoms with Crippen LogP contribution in [0.2, 0.25) is 0 Å². The summed E-state index contributed by atoms with van der Waals surface area (Å²) in [6, 6.07) is 3.38. The van der Waals surface area contributed by atoms with Gasteiger partial charge in [-0.3, -0.25) is 4.79 Å². The van der Waals surface area contributed by atoms with Crippen LogP contribution in [0.5, 0.6) is 11.5 Å². The van der Waals surface area contributed by atoms with E-state index in [4.69, 9.17) is 15.2 Å². The van der Waals surface area contributed by atoms with Gasteiger partial charge in [0.1, 0.15) is 0 Å². The van der Waals surface area contributed by atoms with Gasteiger partial charge in [-0.05, 0) is 12.8 Å². The largest absolute Gasteiger partial charge is 0.454 e. The summed E-state index contributed by atoms with van der Waals surface area (Å²) >= 11 is 0. The molecule has 6 heteroatoms. The van der Waals surface area contributed by atoms with Crippen molar-refractivity contribution in [2.24, 2.45) is 5.92 Å². The fraction of sp³-hybridized carbons (Fsp3) is 0.364. The van der Waals surface area contributed by atoms with Crippen LogP contribution in [0.3, 0.4) is 0 Å². The predicted molar refractivity (Wildman–Crippen MR) is 65.6 cm³/mol.